The molecule has 63 heavy (non-hydrogen) atoms. The molecule has 1 aromatic heterocycles. The van der Waals surface area contributed by atoms with Crippen LogP contribution in [0, 0.1) is 0 Å². The summed E-state index contributed by atoms with van der Waals surface area (Å²) in [4.78, 5) is 2.60. The molecule has 10 aromatic rings. The molecule has 300 valence electrons. The van der Waals surface area contributed by atoms with Crippen molar-refractivity contribution in [3.63, 3.8) is 0 Å². The van der Waals surface area contributed by atoms with E-state index in [0.717, 1.165) is 35.7 Å². The van der Waals surface area contributed by atoms with Crippen LogP contribution in [0.1, 0.15) is 31.7 Å². The highest BCUT2D eigenvalue weighted by atomic mass is 16.5. The number of unbranched alkanes of at least 4 members (excludes halogenated alkanes) is 2. The van der Waals surface area contributed by atoms with Crippen LogP contribution in [0.4, 0.5) is 17.1 Å². The Bertz CT molecular complexity index is 3230. The molecule has 0 unspecified atom stereocenters. The van der Waals surface area contributed by atoms with E-state index in [9.17, 15) is 0 Å². The molecule has 9 aromatic carbocycles. The van der Waals surface area contributed by atoms with Crippen LogP contribution in [0.25, 0.3) is 60.9 Å². The molecule has 0 atom stereocenters. The third-order valence-electron chi connectivity index (χ3n) is 13.3. The van der Waals surface area contributed by atoms with Crippen LogP contribution in [-0.4, -0.2) is 11.3 Å². The van der Waals surface area contributed by atoms with E-state index in [-0.39, 0.29) is 6.71 Å². The largest absolute Gasteiger partial charge is 0.458 e. The van der Waals surface area contributed by atoms with E-state index in [2.05, 4.69) is 223 Å². The van der Waals surface area contributed by atoms with Gasteiger partial charge in [0.15, 0.2) is 0 Å². The molecule has 0 spiro atoms. The average molecular weight is 809 g/mol. The SMILES string of the molecule is CCCCCc1cc2c3c(c1)N(c1c(-c4ccccc4)cccc1-c1ccccc1)c1cc(-n4c5ccccc5c5ccccc54)ccc1B3c1cc(-c3ccccc3)ccc1O2. The maximum atomic E-state index is 7.14. The van der Waals surface area contributed by atoms with Gasteiger partial charge in [-0.2, -0.15) is 0 Å². The average Bonchev–Trinajstić information content (AvgIpc) is 3.69. The minimum atomic E-state index is -0.0605. The Hall–Kier alpha value is -7.56. The Kier molecular flexibility index (Phi) is 9.11. The van der Waals surface area contributed by atoms with Crippen molar-refractivity contribution in [2.24, 2.45) is 0 Å². The van der Waals surface area contributed by atoms with Gasteiger partial charge in [-0.05, 0) is 99.5 Å². The Balaban J connectivity index is 1.20. The lowest BCUT2D eigenvalue weighted by molar-refractivity contribution is 0.486. The number of ether oxygens (including phenoxy) is 1. The first-order chi connectivity index (χ1) is 31.2. The molecule has 0 fully saturated rings. The van der Waals surface area contributed by atoms with E-state index in [4.69, 9.17) is 4.74 Å². The maximum absolute atomic E-state index is 7.14. The third-order valence-corrected chi connectivity index (χ3v) is 13.3. The van der Waals surface area contributed by atoms with Crippen LogP contribution in [0.2, 0.25) is 0 Å². The van der Waals surface area contributed by atoms with Crippen molar-refractivity contribution in [1.82, 2.24) is 4.57 Å². The number of para-hydroxylation sites is 3. The molecule has 0 N–H and O–H groups in total. The Labute approximate surface area is 369 Å². The van der Waals surface area contributed by atoms with E-state index in [1.807, 2.05) is 0 Å². The molecule has 0 saturated carbocycles. The topological polar surface area (TPSA) is 17.4 Å². The molecular weight excluding hydrogens is 763 g/mol. The normalized spacial score (nSPS) is 12.5. The number of hydrogen-bond acceptors (Lipinski definition) is 2. The van der Waals surface area contributed by atoms with E-state index in [1.165, 1.54) is 101 Å². The van der Waals surface area contributed by atoms with E-state index < -0.39 is 0 Å². The van der Waals surface area contributed by atoms with Crippen LogP contribution in [0.15, 0.2) is 206 Å². The fourth-order valence-electron chi connectivity index (χ4n) is 10.4. The van der Waals surface area contributed by atoms with Crippen LogP contribution >= 0.6 is 0 Å². The monoisotopic (exact) mass is 808 g/mol. The molecule has 12 rings (SSSR count). The second kappa shape index (κ2) is 15.4. The standard InChI is InChI=1S/C59H45BN2O/c1-2-3-7-19-40-36-55-58-57(37-40)63-56-35-32-44(41-20-8-4-9-21-41)38-51(56)60(58)50-34-33-45(61-52-30-16-14-26-48(52)49-27-15-17-31-53(49)61)39-54(50)62(55)59-46(42-22-10-5-11-23-42)28-18-29-47(59)43-24-12-6-13-25-43/h4-6,8-18,20-39H,2-3,7,19H2,1H3. The third kappa shape index (κ3) is 6.20. The lowest BCUT2D eigenvalue weighted by Crippen LogP contribution is -2.59. The van der Waals surface area contributed by atoms with Gasteiger partial charge in [0.2, 0.25) is 0 Å². The summed E-state index contributed by atoms with van der Waals surface area (Å²) in [5.74, 6) is 1.87. The molecule has 4 heteroatoms. The summed E-state index contributed by atoms with van der Waals surface area (Å²) in [6, 6.07) is 75.9. The van der Waals surface area contributed by atoms with Gasteiger partial charge in [0, 0.05) is 39.0 Å². The first kappa shape index (κ1) is 37.2. The van der Waals surface area contributed by atoms with Crippen LogP contribution in [0.5, 0.6) is 11.5 Å². The second-order valence-corrected chi connectivity index (χ2v) is 17.0. The molecule has 0 bridgehead atoms. The lowest BCUT2D eigenvalue weighted by atomic mass is 9.34. The molecular formula is C59H45BN2O. The Morgan fingerprint density at radius 2 is 1.08 bits per heavy atom. The number of aromatic nitrogens is 1. The van der Waals surface area contributed by atoms with E-state index in [0.29, 0.717) is 0 Å². The van der Waals surface area contributed by atoms with Crippen LogP contribution < -0.4 is 26.0 Å². The van der Waals surface area contributed by atoms with E-state index in [1.54, 1.807) is 0 Å². The zero-order valence-corrected chi connectivity index (χ0v) is 35.3. The van der Waals surface area contributed by atoms with Crippen molar-refractivity contribution in [1.29, 1.82) is 0 Å². The van der Waals surface area contributed by atoms with Crippen molar-refractivity contribution in [3.05, 3.63) is 212 Å². The molecule has 3 heterocycles. The minimum Gasteiger partial charge on any atom is -0.458 e. The predicted molar refractivity (Wildman–Crippen MR) is 266 cm³/mol. The van der Waals surface area contributed by atoms with Crippen LogP contribution in [-0.2, 0) is 6.42 Å². The van der Waals surface area contributed by atoms with Gasteiger partial charge in [0.05, 0.1) is 16.7 Å². The molecule has 2 aliphatic rings. The quantitative estimate of drug-likeness (QED) is 0.107. The molecule has 0 saturated heterocycles. The van der Waals surface area contributed by atoms with Gasteiger partial charge in [0.25, 0.3) is 6.71 Å². The first-order valence-corrected chi connectivity index (χ1v) is 22.4. The summed E-state index contributed by atoms with van der Waals surface area (Å²) in [6.07, 6.45) is 4.46. The number of nitrogens with zero attached hydrogens (tertiary/aromatic N) is 2. The van der Waals surface area contributed by atoms with Crippen molar-refractivity contribution in [3.8, 4) is 50.6 Å². The highest BCUT2D eigenvalue weighted by Gasteiger charge is 2.43. The second-order valence-electron chi connectivity index (χ2n) is 17.0. The molecule has 0 radical (unpaired) electrons. The summed E-state index contributed by atoms with van der Waals surface area (Å²) in [7, 11) is 0. The van der Waals surface area contributed by atoms with Crippen molar-refractivity contribution in [2.75, 3.05) is 4.90 Å². The number of hydrogen-bond donors (Lipinski definition) is 0. The van der Waals surface area contributed by atoms with Crippen molar-refractivity contribution < 1.29 is 4.74 Å². The Morgan fingerprint density at radius 3 is 1.73 bits per heavy atom. The van der Waals surface area contributed by atoms with Gasteiger partial charge in [-0.3, -0.25) is 0 Å². The zero-order valence-electron chi connectivity index (χ0n) is 35.3. The van der Waals surface area contributed by atoms with Gasteiger partial charge in [-0.15, -0.1) is 0 Å². The number of fused-ring (bicyclic) bond motifs is 7. The van der Waals surface area contributed by atoms with Gasteiger partial charge in [-0.25, -0.2) is 0 Å². The summed E-state index contributed by atoms with van der Waals surface area (Å²) >= 11 is 0. The lowest BCUT2D eigenvalue weighted by Gasteiger charge is -2.42. The first-order valence-electron chi connectivity index (χ1n) is 22.4. The fraction of sp³-hybridized carbons (Fsp3) is 0.0847. The summed E-state index contributed by atoms with van der Waals surface area (Å²) in [5.41, 5.74) is 19.1. The molecule has 3 nitrogen and oxygen atoms in total. The van der Waals surface area contributed by atoms with Gasteiger partial charge in [-0.1, -0.05) is 184 Å². The number of anilines is 3. The highest BCUT2D eigenvalue weighted by Crippen LogP contribution is 2.50. The molecule has 0 amide bonds. The fourth-order valence-corrected chi connectivity index (χ4v) is 10.4. The number of aryl methyl sites for hydroxylation is 1. The summed E-state index contributed by atoms with van der Waals surface area (Å²) in [6.45, 7) is 2.22. The predicted octanol–water partition coefficient (Wildman–Crippen LogP) is 13.9. The number of benzene rings is 9. The van der Waals surface area contributed by atoms with Crippen molar-refractivity contribution in [2.45, 2.75) is 32.6 Å². The van der Waals surface area contributed by atoms with Crippen molar-refractivity contribution >= 4 is 62.0 Å². The van der Waals surface area contributed by atoms with Gasteiger partial charge >= 0.3 is 0 Å². The summed E-state index contributed by atoms with van der Waals surface area (Å²) in [5, 5.41) is 2.50. The van der Waals surface area contributed by atoms with Crippen LogP contribution in [0.3, 0.4) is 0 Å². The maximum Gasteiger partial charge on any atom is 0.256 e. The van der Waals surface area contributed by atoms with Gasteiger partial charge in [0.1, 0.15) is 11.5 Å². The number of rotatable bonds is 9. The Morgan fingerprint density at radius 1 is 0.460 bits per heavy atom. The summed E-state index contributed by atoms with van der Waals surface area (Å²) < 4.78 is 9.60. The molecule has 2 aliphatic heterocycles. The van der Waals surface area contributed by atoms with Gasteiger partial charge < -0.3 is 14.2 Å². The minimum absolute atomic E-state index is 0.0605. The molecule has 0 aliphatic carbocycles. The van der Waals surface area contributed by atoms with E-state index >= 15 is 0 Å². The smallest absolute Gasteiger partial charge is 0.256 e. The highest BCUT2D eigenvalue weighted by molar-refractivity contribution is 6.99. The zero-order chi connectivity index (χ0) is 41.9.